The van der Waals surface area contributed by atoms with Gasteiger partial charge >= 0.3 is 18.2 Å². The van der Waals surface area contributed by atoms with E-state index in [0.717, 1.165) is 0 Å². The van der Waals surface area contributed by atoms with Crippen LogP contribution >= 0.6 is 11.6 Å². The second-order valence-electron chi connectivity index (χ2n) is 8.71. The maximum absolute atomic E-state index is 13.5. The lowest BCUT2D eigenvalue weighted by molar-refractivity contribution is -0.145. The van der Waals surface area contributed by atoms with Crippen molar-refractivity contribution >= 4 is 52.9 Å². The maximum atomic E-state index is 13.5. The van der Waals surface area contributed by atoms with Gasteiger partial charge < -0.3 is 24.4 Å². The average Bonchev–Trinajstić information content (AvgIpc) is 3.32. The molecule has 2 aromatic rings. The van der Waals surface area contributed by atoms with Gasteiger partial charge in [0.25, 0.3) is 5.91 Å². The van der Waals surface area contributed by atoms with E-state index in [1.54, 1.807) is 18.2 Å². The van der Waals surface area contributed by atoms with E-state index in [0.29, 0.717) is 28.4 Å². The average molecular weight is 545 g/mol. The first-order valence-electron chi connectivity index (χ1n) is 11.6. The van der Waals surface area contributed by atoms with Gasteiger partial charge in [-0.05, 0) is 42.5 Å². The molecule has 13 heteroatoms. The predicted molar refractivity (Wildman–Crippen MR) is 135 cm³/mol. The minimum atomic E-state index is -1.24. The van der Waals surface area contributed by atoms with E-state index in [-0.39, 0.29) is 18.7 Å². The van der Waals surface area contributed by atoms with Crippen LogP contribution in [0.25, 0.3) is 0 Å². The molecule has 2 atom stereocenters. The molecule has 38 heavy (non-hydrogen) atoms. The quantitative estimate of drug-likeness (QED) is 0.371. The van der Waals surface area contributed by atoms with E-state index in [1.165, 1.54) is 43.4 Å². The van der Waals surface area contributed by atoms with Gasteiger partial charge in [-0.25, -0.2) is 9.59 Å². The number of hydrogen-bond donors (Lipinski definition) is 3. The lowest BCUT2D eigenvalue weighted by Gasteiger charge is -2.35. The minimum absolute atomic E-state index is 0.00797. The van der Waals surface area contributed by atoms with E-state index < -0.39 is 48.0 Å². The maximum Gasteiger partial charge on any atom is 0.412 e. The zero-order valence-electron chi connectivity index (χ0n) is 20.5. The molecule has 1 fully saturated rings. The third-order valence-corrected chi connectivity index (χ3v) is 6.56. The lowest BCUT2D eigenvalue weighted by atomic mass is 9.90. The highest BCUT2D eigenvalue weighted by molar-refractivity contribution is 6.30. The van der Waals surface area contributed by atoms with Gasteiger partial charge in [0.15, 0.2) is 5.60 Å². The number of hydrogen-bond acceptors (Lipinski definition) is 8. The van der Waals surface area contributed by atoms with Gasteiger partial charge in [0, 0.05) is 34.8 Å². The van der Waals surface area contributed by atoms with E-state index in [9.17, 15) is 24.0 Å². The molecule has 0 unspecified atom stereocenters. The Morgan fingerprint density at radius 2 is 1.87 bits per heavy atom. The number of carbonyl (C=O) groups excluding carboxylic acids is 5. The minimum Gasteiger partial charge on any atom is -0.469 e. The van der Waals surface area contributed by atoms with Gasteiger partial charge in [0.05, 0.1) is 32.9 Å². The summed E-state index contributed by atoms with van der Waals surface area (Å²) in [6.45, 7) is 0.216. The Balaban J connectivity index is 1.51. The van der Waals surface area contributed by atoms with Crippen molar-refractivity contribution in [1.29, 1.82) is 0 Å². The van der Waals surface area contributed by atoms with Crippen molar-refractivity contribution in [2.45, 2.75) is 24.5 Å². The highest BCUT2D eigenvalue weighted by atomic mass is 35.5. The number of rotatable bonds is 6. The molecule has 200 valence electrons. The Morgan fingerprint density at radius 3 is 2.55 bits per heavy atom. The molecule has 3 N–H and O–H groups in total. The number of benzene rings is 2. The molecule has 1 saturated heterocycles. The fourth-order valence-electron chi connectivity index (χ4n) is 4.43. The van der Waals surface area contributed by atoms with Gasteiger partial charge in [-0.15, -0.1) is 0 Å². The van der Waals surface area contributed by atoms with E-state index >= 15 is 0 Å². The number of anilines is 2. The van der Waals surface area contributed by atoms with E-state index in [1.807, 2.05) is 0 Å². The molecule has 0 radical (unpaired) electrons. The zero-order valence-corrected chi connectivity index (χ0v) is 21.3. The summed E-state index contributed by atoms with van der Waals surface area (Å²) in [6, 6.07) is 9.60. The Kier molecular flexibility index (Phi) is 7.72. The molecule has 0 saturated carbocycles. The van der Waals surface area contributed by atoms with Crippen LogP contribution < -0.4 is 16.0 Å². The van der Waals surface area contributed by atoms with Crippen molar-refractivity contribution in [3.05, 3.63) is 58.6 Å². The lowest BCUT2D eigenvalue weighted by Crippen LogP contribution is -2.50. The Bertz CT molecular complexity index is 1280. The van der Waals surface area contributed by atoms with Crippen LogP contribution in [0, 0.1) is 0 Å². The monoisotopic (exact) mass is 544 g/mol. The largest absolute Gasteiger partial charge is 0.469 e. The molecular formula is C25H25ClN4O8. The number of amides is 4. The molecule has 0 aromatic heterocycles. The summed E-state index contributed by atoms with van der Waals surface area (Å²) < 4.78 is 14.9. The second-order valence-corrected chi connectivity index (χ2v) is 9.15. The number of esters is 1. The normalized spacial score (nSPS) is 18.5. The van der Waals surface area contributed by atoms with Crippen LogP contribution in [0.2, 0.25) is 5.02 Å². The highest BCUT2D eigenvalue weighted by Gasteiger charge is 2.49. The van der Waals surface area contributed by atoms with Gasteiger partial charge in [-0.3, -0.25) is 25.0 Å². The van der Waals surface area contributed by atoms with E-state index in [4.69, 9.17) is 21.1 Å². The third-order valence-electron chi connectivity index (χ3n) is 6.32. The fraction of sp³-hybridized carbons (Fsp3) is 0.320. The first kappa shape index (κ1) is 26.7. The van der Waals surface area contributed by atoms with Crippen molar-refractivity contribution < 1.29 is 38.2 Å². The molecule has 12 nitrogen and oxygen atoms in total. The van der Waals surface area contributed by atoms with Crippen LogP contribution in [-0.4, -0.2) is 68.2 Å². The second kappa shape index (κ2) is 11.0. The van der Waals surface area contributed by atoms with Crippen LogP contribution in [0.5, 0.6) is 0 Å². The molecule has 4 amide bonds. The van der Waals surface area contributed by atoms with Crippen molar-refractivity contribution in [1.82, 2.24) is 10.2 Å². The predicted octanol–water partition coefficient (Wildman–Crippen LogP) is 2.87. The number of likely N-dealkylation sites (tertiary alicyclic amines) is 1. The van der Waals surface area contributed by atoms with Gasteiger partial charge in [0.2, 0.25) is 5.91 Å². The van der Waals surface area contributed by atoms with Crippen LogP contribution in [0.3, 0.4) is 0 Å². The van der Waals surface area contributed by atoms with Gasteiger partial charge in [0.1, 0.15) is 6.04 Å². The standard InChI is InChI=1S/C25H25ClN4O8/c1-36-20(31)12-19(28-21(32)14-3-6-16(7-4-14)27-23(34)37-2)22(33)30-10-9-25(13-30)17-11-15(26)5-8-18(17)29-24(35)38-25/h3-8,11,19H,9-10,12-13H2,1-2H3,(H,27,34)(H,28,32)(H,29,35)/t19-,25-/m0/s1. The number of carbonyl (C=O) groups is 5. The first-order valence-corrected chi connectivity index (χ1v) is 11.9. The smallest absolute Gasteiger partial charge is 0.412 e. The first-order chi connectivity index (χ1) is 18.1. The molecule has 4 rings (SSSR count). The number of halogens is 1. The van der Waals surface area contributed by atoms with Gasteiger partial charge in [-0.1, -0.05) is 11.6 Å². The number of nitrogens with zero attached hydrogens (tertiary/aromatic N) is 1. The molecule has 0 bridgehead atoms. The van der Waals surface area contributed by atoms with Crippen LogP contribution in [0.1, 0.15) is 28.8 Å². The molecule has 2 aliphatic rings. The summed E-state index contributed by atoms with van der Waals surface area (Å²) >= 11 is 6.18. The summed E-state index contributed by atoms with van der Waals surface area (Å²) in [7, 11) is 2.40. The number of nitrogens with one attached hydrogen (secondary N) is 3. The van der Waals surface area contributed by atoms with Crippen molar-refractivity contribution in [3.63, 3.8) is 0 Å². The van der Waals surface area contributed by atoms with Crippen molar-refractivity contribution in [2.75, 3.05) is 37.9 Å². The van der Waals surface area contributed by atoms with Crippen LogP contribution in [0.15, 0.2) is 42.5 Å². The number of methoxy groups -OCH3 is 2. The SMILES string of the molecule is COC(=O)C[C@H](NC(=O)c1ccc(NC(=O)OC)cc1)C(=O)N1CC[C@@]2(C1)OC(=O)Nc1ccc(Cl)cc12. The molecule has 2 heterocycles. The Hall–Kier alpha value is -4.32. The third kappa shape index (κ3) is 5.65. The number of fused-ring (bicyclic) bond motifs is 2. The summed E-state index contributed by atoms with van der Waals surface area (Å²) in [5.41, 5.74) is 0.630. The molecular weight excluding hydrogens is 520 g/mol. The van der Waals surface area contributed by atoms with Crippen molar-refractivity contribution in [3.8, 4) is 0 Å². The van der Waals surface area contributed by atoms with E-state index in [2.05, 4.69) is 20.7 Å². The topological polar surface area (TPSA) is 152 Å². The van der Waals surface area contributed by atoms with Crippen molar-refractivity contribution in [2.24, 2.45) is 0 Å². The van der Waals surface area contributed by atoms with Crippen LogP contribution in [-0.2, 0) is 29.4 Å². The summed E-state index contributed by atoms with van der Waals surface area (Å²) in [5.74, 6) is -1.85. The molecule has 2 aromatic carbocycles. The molecule has 2 aliphatic heterocycles. The molecule has 1 spiro atoms. The summed E-state index contributed by atoms with van der Waals surface area (Å²) in [4.78, 5) is 63.6. The number of ether oxygens (including phenoxy) is 3. The molecule has 0 aliphatic carbocycles. The summed E-state index contributed by atoms with van der Waals surface area (Å²) in [6.07, 6.45) is -1.43. The van der Waals surface area contributed by atoms with Gasteiger partial charge in [-0.2, -0.15) is 0 Å². The highest BCUT2D eigenvalue weighted by Crippen LogP contribution is 2.43. The fourth-order valence-corrected chi connectivity index (χ4v) is 4.60. The Labute approximate surface area is 222 Å². The van der Waals surface area contributed by atoms with Crippen LogP contribution in [0.4, 0.5) is 21.0 Å². The summed E-state index contributed by atoms with van der Waals surface area (Å²) in [5, 5.41) is 8.13. The Morgan fingerprint density at radius 1 is 1.13 bits per heavy atom. The zero-order chi connectivity index (χ0) is 27.4.